The molecule has 0 unspecified atom stereocenters. The monoisotopic (exact) mass is 285 g/mol. The van der Waals surface area contributed by atoms with Crippen molar-refractivity contribution >= 4 is 10.0 Å². The van der Waals surface area contributed by atoms with Gasteiger partial charge in [0.2, 0.25) is 10.0 Å². The van der Waals surface area contributed by atoms with Crippen LogP contribution in [0.4, 0.5) is 0 Å². The third kappa shape index (κ3) is 3.26. The van der Waals surface area contributed by atoms with Gasteiger partial charge in [-0.1, -0.05) is 13.0 Å². The van der Waals surface area contributed by atoms with E-state index in [1.807, 2.05) is 0 Å². The van der Waals surface area contributed by atoms with Gasteiger partial charge in [-0.25, -0.2) is 13.1 Å². The normalized spacial score (nSPS) is 17.2. The Morgan fingerprint density at radius 1 is 1.42 bits per heavy atom. The summed E-state index contributed by atoms with van der Waals surface area (Å²) in [5.41, 5.74) is 0.633. The first-order valence-corrected chi connectivity index (χ1v) is 7.66. The number of hydrogen-bond donors (Lipinski definition) is 2. The van der Waals surface area contributed by atoms with Gasteiger partial charge in [0.1, 0.15) is 10.6 Å². The van der Waals surface area contributed by atoms with E-state index in [4.69, 9.17) is 9.84 Å². The van der Waals surface area contributed by atoms with E-state index in [1.54, 1.807) is 12.1 Å². The van der Waals surface area contributed by atoms with Gasteiger partial charge in [-0.3, -0.25) is 0 Å². The largest absolute Gasteiger partial charge is 0.495 e. The Kier molecular flexibility index (Phi) is 3.85. The molecule has 1 aliphatic carbocycles. The van der Waals surface area contributed by atoms with Gasteiger partial charge in [0, 0.05) is 6.54 Å². The van der Waals surface area contributed by atoms with Crippen molar-refractivity contribution in [2.45, 2.75) is 31.3 Å². The van der Waals surface area contributed by atoms with Crippen LogP contribution in [0.15, 0.2) is 23.1 Å². The van der Waals surface area contributed by atoms with Crippen molar-refractivity contribution in [1.29, 1.82) is 0 Å². The summed E-state index contributed by atoms with van der Waals surface area (Å²) in [6.45, 7) is 2.28. The lowest BCUT2D eigenvalue weighted by Gasteiger charge is -2.14. The molecule has 5 nitrogen and oxygen atoms in total. The van der Waals surface area contributed by atoms with Crippen molar-refractivity contribution in [3.8, 4) is 5.75 Å². The maximum Gasteiger partial charge on any atom is 0.244 e. The van der Waals surface area contributed by atoms with Gasteiger partial charge in [0.05, 0.1) is 13.7 Å². The predicted octanol–water partition coefficient (Wildman–Crippen LogP) is 1.27. The molecule has 6 heteroatoms. The third-order valence-electron chi connectivity index (χ3n) is 3.49. The molecule has 1 saturated carbocycles. The topological polar surface area (TPSA) is 75.6 Å². The quantitative estimate of drug-likeness (QED) is 0.825. The molecule has 0 aliphatic heterocycles. The zero-order valence-corrected chi connectivity index (χ0v) is 12.0. The molecule has 2 N–H and O–H groups in total. The Morgan fingerprint density at radius 2 is 2.11 bits per heavy atom. The van der Waals surface area contributed by atoms with E-state index >= 15 is 0 Å². The molecule has 0 spiro atoms. The lowest BCUT2D eigenvalue weighted by Crippen LogP contribution is -2.29. The summed E-state index contributed by atoms with van der Waals surface area (Å²) >= 11 is 0. The molecule has 0 radical (unpaired) electrons. The van der Waals surface area contributed by atoms with E-state index in [-0.39, 0.29) is 22.7 Å². The molecule has 0 amide bonds. The number of aliphatic hydroxyl groups is 1. The van der Waals surface area contributed by atoms with Crippen LogP contribution in [-0.4, -0.2) is 27.2 Å². The fraction of sp³-hybridized carbons (Fsp3) is 0.538. The highest BCUT2D eigenvalue weighted by molar-refractivity contribution is 7.89. The zero-order valence-electron chi connectivity index (χ0n) is 11.1. The summed E-state index contributed by atoms with van der Waals surface area (Å²) in [6, 6.07) is 4.63. The number of methoxy groups -OCH3 is 1. The molecule has 0 atom stereocenters. The zero-order chi connectivity index (χ0) is 14.1. The predicted molar refractivity (Wildman–Crippen MR) is 71.4 cm³/mol. The molecule has 0 bridgehead atoms. The molecule has 1 fully saturated rings. The Balaban J connectivity index is 2.27. The second-order valence-electron chi connectivity index (χ2n) is 5.28. The van der Waals surface area contributed by atoms with E-state index in [9.17, 15) is 8.42 Å². The summed E-state index contributed by atoms with van der Waals surface area (Å²) in [4.78, 5) is 0.0748. The fourth-order valence-corrected chi connectivity index (χ4v) is 3.18. The van der Waals surface area contributed by atoms with E-state index in [1.165, 1.54) is 13.2 Å². The SMILES string of the molecule is COc1ccc(CO)cc1S(=O)(=O)NCC1(C)CC1. The minimum Gasteiger partial charge on any atom is -0.495 e. The van der Waals surface area contributed by atoms with Crippen LogP contribution in [0.3, 0.4) is 0 Å². The molecule has 0 heterocycles. The van der Waals surface area contributed by atoms with Crippen molar-refractivity contribution in [1.82, 2.24) is 4.72 Å². The van der Waals surface area contributed by atoms with Crippen LogP contribution in [-0.2, 0) is 16.6 Å². The van der Waals surface area contributed by atoms with Gasteiger partial charge in [0.15, 0.2) is 0 Å². The maximum atomic E-state index is 12.3. The maximum absolute atomic E-state index is 12.3. The lowest BCUT2D eigenvalue weighted by molar-refractivity contribution is 0.281. The number of benzene rings is 1. The van der Waals surface area contributed by atoms with Gasteiger partial charge >= 0.3 is 0 Å². The Morgan fingerprint density at radius 3 is 2.63 bits per heavy atom. The number of aliphatic hydroxyl groups excluding tert-OH is 1. The molecule has 106 valence electrons. The summed E-state index contributed by atoms with van der Waals surface area (Å²) < 4.78 is 32.3. The van der Waals surface area contributed by atoms with Crippen molar-refractivity contribution in [2.75, 3.05) is 13.7 Å². The summed E-state index contributed by atoms with van der Waals surface area (Å²) in [6.07, 6.45) is 2.09. The van der Waals surface area contributed by atoms with Crippen LogP contribution in [0.25, 0.3) is 0 Å². The van der Waals surface area contributed by atoms with Gasteiger partial charge in [-0.15, -0.1) is 0 Å². The summed E-state index contributed by atoms with van der Waals surface area (Å²) in [7, 11) is -2.19. The minimum absolute atomic E-state index is 0.0748. The minimum atomic E-state index is -3.61. The number of ether oxygens (including phenoxy) is 1. The van der Waals surface area contributed by atoms with Crippen molar-refractivity contribution in [3.63, 3.8) is 0 Å². The van der Waals surface area contributed by atoms with Gasteiger partial charge in [-0.2, -0.15) is 0 Å². The Hall–Kier alpha value is -1.11. The molecule has 1 aromatic rings. The standard InChI is InChI=1S/C13H19NO4S/c1-13(5-6-13)9-14-19(16,17)12-7-10(8-15)3-4-11(12)18-2/h3-4,7,14-15H,5-6,8-9H2,1-2H3. The van der Waals surface area contributed by atoms with Gasteiger partial charge in [-0.05, 0) is 36.0 Å². The molecule has 0 aromatic heterocycles. The van der Waals surface area contributed by atoms with E-state index in [2.05, 4.69) is 11.6 Å². The van der Waals surface area contributed by atoms with Crippen molar-refractivity contribution in [3.05, 3.63) is 23.8 Å². The molecule has 1 aromatic carbocycles. The number of nitrogens with one attached hydrogen (secondary N) is 1. The first-order valence-electron chi connectivity index (χ1n) is 6.18. The first kappa shape index (κ1) is 14.3. The van der Waals surface area contributed by atoms with Crippen LogP contribution in [0.1, 0.15) is 25.3 Å². The van der Waals surface area contributed by atoms with Crippen LogP contribution >= 0.6 is 0 Å². The molecular weight excluding hydrogens is 266 g/mol. The fourth-order valence-electron chi connectivity index (χ4n) is 1.77. The highest BCUT2D eigenvalue weighted by Crippen LogP contribution is 2.44. The summed E-state index contributed by atoms with van der Waals surface area (Å²) in [5, 5.41) is 9.10. The average Bonchev–Trinajstić information content (AvgIpc) is 3.14. The Bertz CT molecular complexity index is 564. The van der Waals surface area contributed by atoms with E-state index < -0.39 is 10.0 Å². The summed E-state index contributed by atoms with van der Waals surface area (Å²) in [5.74, 6) is 0.283. The highest BCUT2D eigenvalue weighted by Gasteiger charge is 2.38. The second-order valence-corrected chi connectivity index (χ2v) is 7.01. The molecule has 0 saturated heterocycles. The van der Waals surface area contributed by atoms with Crippen LogP contribution in [0, 0.1) is 5.41 Å². The van der Waals surface area contributed by atoms with Gasteiger partial charge in [0.25, 0.3) is 0 Å². The highest BCUT2D eigenvalue weighted by atomic mass is 32.2. The van der Waals surface area contributed by atoms with Crippen LogP contribution in [0.2, 0.25) is 0 Å². The molecule has 2 rings (SSSR count). The Labute approximate surface area is 113 Å². The van der Waals surface area contributed by atoms with Gasteiger partial charge < -0.3 is 9.84 Å². The molecule has 1 aliphatic rings. The van der Waals surface area contributed by atoms with E-state index in [0.29, 0.717) is 12.1 Å². The number of rotatable bonds is 6. The second kappa shape index (κ2) is 5.11. The van der Waals surface area contributed by atoms with Crippen molar-refractivity contribution < 1.29 is 18.3 Å². The van der Waals surface area contributed by atoms with Crippen LogP contribution < -0.4 is 9.46 Å². The third-order valence-corrected chi connectivity index (χ3v) is 4.92. The molecule has 19 heavy (non-hydrogen) atoms. The van der Waals surface area contributed by atoms with E-state index in [0.717, 1.165) is 12.8 Å². The first-order chi connectivity index (χ1) is 8.90. The number of hydrogen-bond acceptors (Lipinski definition) is 4. The lowest BCUT2D eigenvalue weighted by atomic mass is 10.2. The van der Waals surface area contributed by atoms with Crippen LogP contribution in [0.5, 0.6) is 5.75 Å². The van der Waals surface area contributed by atoms with Crippen molar-refractivity contribution in [2.24, 2.45) is 5.41 Å². The molecular formula is C13H19NO4S. The smallest absolute Gasteiger partial charge is 0.244 e. The average molecular weight is 285 g/mol. The number of sulfonamides is 1.